The van der Waals surface area contributed by atoms with Gasteiger partial charge in [0.25, 0.3) is 0 Å². The average molecular weight is 690 g/mol. The summed E-state index contributed by atoms with van der Waals surface area (Å²) in [6.45, 7) is 0. The van der Waals surface area contributed by atoms with E-state index in [0.29, 0.717) is 23.3 Å². The summed E-state index contributed by atoms with van der Waals surface area (Å²) in [5.41, 5.74) is 7.33. The van der Waals surface area contributed by atoms with Gasteiger partial charge in [0.1, 0.15) is 0 Å². The minimum Gasteiger partial charge on any atom is -0.228 e. The lowest BCUT2D eigenvalue weighted by molar-refractivity contribution is 1.08. The smallest absolute Gasteiger partial charge is 0.164 e. The zero-order valence-electron chi connectivity index (χ0n) is 29.1. The summed E-state index contributed by atoms with van der Waals surface area (Å²) in [5, 5.41) is 6.76. The van der Waals surface area contributed by atoms with Crippen LogP contribution >= 0.6 is 0 Å². The number of nitrogens with zero attached hydrogens (tertiary/aromatic N) is 5. The van der Waals surface area contributed by atoms with Crippen LogP contribution in [-0.2, 0) is 0 Å². The molecule has 0 aliphatic rings. The molecule has 0 spiro atoms. The van der Waals surface area contributed by atoms with Gasteiger partial charge in [-0.2, -0.15) is 0 Å². The highest BCUT2D eigenvalue weighted by Gasteiger charge is 2.21. The maximum Gasteiger partial charge on any atom is 0.164 e. The third-order valence-electron chi connectivity index (χ3n) is 9.91. The van der Waals surface area contributed by atoms with Crippen LogP contribution in [0, 0.1) is 0 Å². The molecule has 0 bridgehead atoms. The van der Waals surface area contributed by atoms with E-state index in [-0.39, 0.29) is 0 Å². The van der Waals surface area contributed by atoms with Gasteiger partial charge in [-0.05, 0) is 45.1 Å². The molecule has 0 unspecified atom stereocenters. The molecule has 252 valence electrons. The van der Waals surface area contributed by atoms with Gasteiger partial charge in [-0.3, -0.25) is 0 Å². The van der Waals surface area contributed by atoms with E-state index < -0.39 is 0 Å². The van der Waals surface area contributed by atoms with Crippen LogP contribution in [0.4, 0.5) is 0 Å². The van der Waals surface area contributed by atoms with Crippen molar-refractivity contribution in [1.82, 2.24) is 24.9 Å². The van der Waals surface area contributed by atoms with Gasteiger partial charge in [-0.15, -0.1) is 0 Å². The van der Waals surface area contributed by atoms with E-state index in [9.17, 15) is 0 Å². The van der Waals surface area contributed by atoms with E-state index in [0.717, 1.165) is 66.3 Å². The highest BCUT2D eigenvalue weighted by molar-refractivity contribution is 6.28. The Hall–Kier alpha value is -7.37. The van der Waals surface area contributed by atoms with Gasteiger partial charge < -0.3 is 0 Å². The molecule has 0 amide bonds. The molecule has 2 aromatic heterocycles. The van der Waals surface area contributed by atoms with Crippen LogP contribution in [0.15, 0.2) is 188 Å². The van der Waals surface area contributed by atoms with E-state index in [1.165, 1.54) is 10.8 Å². The predicted octanol–water partition coefficient (Wildman–Crippen LogP) is 12.1. The second-order valence-electron chi connectivity index (χ2n) is 13.3. The first-order valence-corrected chi connectivity index (χ1v) is 18.0. The van der Waals surface area contributed by atoms with Crippen LogP contribution in [-0.4, -0.2) is 24.9 Å². The first kappa shape index (κ1) is 31.4. The van der Waals surface area contributed by atoms with Gasteiger partial charge in [0.05, 0.1) is 11.4 Å². The Labute approximate surface area is 312 Å². The van der Waals surface area contributed by atoms with Gasteiger partial charge in [-0.25, -0.2) is 24.9 Å². The highest BCUT2D eigenvalue weighted by Crippen LogP contribution is 2.42. The van der Waals surface area contributed by atoms with Crippen molar-refractivity contribution in [2.45, 2.75) is 0 Å². The van der Waals surface area contributed by atoms with Crippen LogP contribution < -0.4 is 0 Å². The molecule has 0 aliphatic carbocycles. The van der Waals surface area contributed by atoms with Gasteiger partial charge in [0, 0.05) is 38.8 Å². The van der Waals surface area contributed by atoms with Crippen molar-refractivity contribution in [2.24, 2.45) is 0 Å². The second-order valence-corrected chi connectivity index (χ2v) is 13.3. The van der Waals surface area contributed by atoms with Gasteiger partial charge >= 0.3 is 0 Å². The molecule has 10 aromatic rings. The van der Waals surface area contributed by atoms with Crippen LogP contribution in [0.3, 0.4) is 0 Å². The maximum atomic E-state index is 5.25. The van der Waals surface area contributed by atoms with Crippen molar-refractivity contribution < 1.29 is 0 Å². The predicted molar refractivity (Wildman–Crippen MR) is 221 cm³/mol. The lowest BCUT2D eigenvalue weighted by atomic mass is 9.89. The van der Waals surface area contributed by atoms with Crippen LogP contribution in [0.1, 0.15) is 0 Å². The van der Waals surface area contributed by atoms with Gasteiger partial charge in [0.15, 0.2) is 23.3 Å². The fraction of sp³-hybridized carbons (Fsp3) is 0. The molecule has 8 aromatic carbocycles. The molecular weight excluding hydrogens is 659 g/mol. The van der Waals surface area contributed by atoms with E-state index in [1.54, 1.807) is 0 Å². The third-order valence-corrected chi connectivity index (χ3v) is 9.91. The molecular formula is C49H31N5. The Morgan fingerprint density at radius 3 is 1.11 bits per heavy atom. The minimum atomic E-state index is 0.581. The normalized spacial score (nSPS) is 11.3. The van der Waals surface area contributed by atoms with Crippen molar-refractivity contribution >= 4 is 32.3 Å². The first-order valence-electron chi connectivity index (χ1n) is 18.0. The average Bonchev–Trinajstić information content (AvgIpc) is 3.27. The van der Waals surface area contributed by atoms with Gasteiger partial charge in [0.2, 0.25) is 0 Å². The SMILES string of the molecule is c1ccc(-c2cc(-c3ccccc3)nc(-c3cc(-c4nc(-c5ccccc5)nc(-c5ccccc5)n4)c4c5ccccc5c5ccccc5c4c3)n2)cc1. The Morgan fingerprint density at radius 1 is 0.241 bits per heavy atom. The summed E-state index contributed by atoms with van der Waals surface area (Å²) >= 11 is 0. The summed E-state index contributed by atoms with van der Waals surface area (Å²) in [6.07, 6.45) is 0. The molecule has 5 heteroatoms. The number of hydrogen-bond acceptors (Lipinski definition) is 5. The fourth-order valence-electron chi connectivity index (χ4n) is 7.36. The van der Waals surface area contributed by atoms with Crippen LogP contribution in [0.25, 0.3) is 100 Å². The number of benzene rings is 8. The lowest BCUT2D eigenvalue weighted by Gasteiger charge is -2.17. The van der Waals surface area contributed by atoms with Crippen molar-refractivity contribution in [3.05, 3.63) is 188 Å². The van der Waals surface area contributed by atoms with Crippen LogP contribution in [0.5, 0.6) is 0 Å². The quantitative estimate of drug-likeness (QED) is 0.163. The van der Waals surface area contributed by atoms with Crippen molar-refractivity contribution in [1.29, 1.82) is 0 Å². The number of rotatable bonds is 6. The van der Waals surface area contributed by atoms with E-state index in [4.69, 9.17) is 24.9 Å². The lowest BCUT2D eigenvalue weighted by Crippen LogP contribution is -2.02. The summed E-state index contributed by atoms with van der Waals surface area (Å²) in [4.78, 5) is 26.0. The summed E-state index contributed by atoms with van der Waals surface area (Å²) in [5.74, 6) is 2.42. The van der Waals surface area contributed by atoms with Crippen molar-refractivity contribution in [3.63, 3.8) is 0 Å². The Morgan fingerprint density at radius 2 is 0.611 bits per heavy atom. The Balaban J connectivity index is 1.33. The van der Waals surface area contributed by atoms with E-state index in [1.807, 2.05) is 97.1 Å². The molecule has 0 N–H and O–H groups in total. The molecule has 0 atom stereocenters. The van der Waals surface area contributed by atoms with E-state index >= 15 is 0 Å². The molecule has 0 saturated heterocycles. The minimum absolute atomic E-state index is 0.581. The zero-order valence-corrected chi connectivity index (χ0v) is 29.1. The number of hydrogen-bond donors (Lipinski definition) is 0. The van der Waals surface area contributed by atoms with Crippen LogP contribution in [0.2, 0.25) is 0 Å². The topological polar surface area (TPSA) is 64.5 Å². The molecule has 0 saturated carbocycles. The zero-order chi connectivity index (χ0) is 35.8. The third kappa shape index (κ3) is 5.65. The first-order chi connectivity index (χ1) is 26.8. The summed E-state index contributed by atoms with van der Waals surface area (Å²) in [6, 6.07) is 64.5. The maximum absolute atomic E-state index is 5.25. The summed E-state index contributed by atoms with van der Waals surface area (Å²) < 4.78 is 0. The molecule has 10 rings (SSSR count). The largest absolute Gasteiger partial charge is 0.228 e. The molecule has 54 heavy (non-hydrogen) atoms. The second kappa shape index (κ2) is 13.3. The standard InChI is InChI=1S/C49H31N5/c1-5-17-32(18-6-1)43-31-44(33-19-7-2-8-20-33)51-48(50-43)36-29-41-39-27-14-13-25-37(39)38-26-15-16-28-40(38)45(41)42(30-36)49-53-46(34-21-9-3-10-22-34)52-47(54-49)35-23-11-4-12-24-35/h1-31H. The Bertz CT molecular complexity index is 2850. The molecule has 0 fully saturated rings. The highest BCUT2D eigenvalue weighted by atomic mass is 15.0. The summed E-state index contributed by atoms with van der Waals surface area (Å²) in [7, 11) is 0. The van der Waals surface area contributed by atoms with Crippen molar-refractivity contribution in [2.75, 3.05) is 0 Å². The van der Waals surface area contributed by atoms with E-state index in [2.05, 4.69) is 91.0 Å². The van der Waals surface area contributed by atoms with Crippen molar-refractivity contribution in [3.8, 4) is 68.1 Å². The monoisotopic (exact) mass is 689 g/mol. The number of fused-ring (bicyclic) bond motifs is 6. The fourth-order valence-corrected chi connectivity index (χ4v) is 7.36. The number of aromatic nitrogens is 5. The molecule has 0 radical (unpaired) electrons. The Kier molecular flexibility index (Phi) is 7.73. The molecule has 0 aliphatic heterocycles. The molecule has 2 heterocycles. The molecule has 5 nitrogen and oxygen atoms in total. The van der Waals surface area contributed by atoms with Gasteiger partial charge in [-0.1, -0.05) is 170 Å².